The molecule has 164 valence electrons. The first-order valence-electron chi connectivity index (χ1n) is 12.8. The minimum Gasteiger partial charge on any atom is -0.462 e. The van der Waals surface area contributed by atoms with E-state index in [4.69, 9.17) is 4.74 Å². The summed E-state index contributed by atoms with van der Waals surface area (Å²) in [5, 5.41) is 10.2. The molecule has 0 saturated heterocycles. The maximum Gasteiger partial charge on any atom is 0.309 e. The second kappa shape index (κ2) is 7.53. The van der Waals surface area contributed by atoms with E-state index in [0.717, 1.165) is 55.8 Å². The van der Waals surface area contributed by atoms with Gasteiger partial charge in [0, 0.05) is 5.41 Å². The van der Waals surface area contributed by atoms with Crippen molar-refractivity contribution < 1.29 is 14.6 Å². The van der Waals surface area contributed by atoms with Crippen LogP contribution in [0.25, 0.3) is 0 Å². The van der Waals surface area contributed by atoms with Crippen LogP contribution in [0.1, 0.15) is 104 Å². The Morgan fingerprint density at radius 3 is 2.34 bits per heavy atom. The van der Waals surface area contributed by atoms with E-state index in [1.54, 1.807) is 0 Å². The Kier molecular flexibility index (Phi) is 5.28. The van der Waals surface area contributed by atoms with Crippen molar-refractivity contribution in [3.8, 4) is 0 Å². The molecule has 5 fully saturated rings. The third kappa shape index (κ3) is 3.29. The molecule has 0 bridgehead atoms. The number of carbonyl (C=O) groups is 1. The largest absolute Gasteiger partial charge is 0.462 e. The number of esters is 1. The molecular formula is C26H42O3. The Morgan fingerprint density at radius 1 is 0.828 bits per heavy atom. The Balaban J connectivity index is 1.30. The molecule has 0 aromatic carbocycles. The lowest BCUT2D eigenvalue weighted by Crippen LogP contribution is -2.54. The van der Waals surface area contributed by atoms with Crippen LogP contribution < -0.4 is 0 Å². The molecule has 5 aliphatic rings. The fourth-order valence-electron chi connectivity index (χ4n) is 8.96. The van der Waals surface area contributed by atoms with Crippen LogP contribution in [0.2, 0.25) is 0 Å². The number of carbonyl (C=O) groups excluding carboxylic acids is 1. The lowest BCUT2D eigenvalue weighted by atomic mass is 9.45. The molecule has 5 aliphatic carbocycles. The lowest BCUT2D eigenvalue weighted by molar-refractivity contribution is -0.170. The molecule has 0 aromatic rings. The zero-order valence-electron chi connectivity index (χ0n) is 18.7. The molecule has 5 unspecified atom stereocenters. The van der Waals surface area contributed by atoms with Crippen molar-refractivity contribution in [1.82, 2.24) is 0 Å². The van der Waals surface area contributed by atoms with E-state index in [9.17, 15) is 9.90 Å². The molecule has 0 amide bonds. The van der Waals surface area contributed by atoms with Gasteiger partial charge < -0.3 is 9.84 Å². The lowest BCUT2D eigenvalue weighted by Gasteiger charge is -2.60. The number of hydrogen-bond donors (Lipinski definition) is 1. The molecule has 5 saturated carbocycles. The first-order valence-corrected chi connectivity index (χ1v) is 12.8. The molecule has 0 radical (unpaired) electrons. The van der Waals surface area contributed by atoms with E-state index in [-0.39, 0.29) is 29.5 Å². The maximum absolute atomic E-state index is 12.9. The smallest absolute Gasteiger partial charge is 0.309 e. The third-order valence-electron chi connectivity index (χ3n) is 10.7. The van der Waals surface area contributed by atoms with Crippen molar-refractivity contribution in [2.24, 2.45) is 40.4 Å². The summed E-state index contributed by atoms with van der Waals surface area (Å²) in [6.45, 7) is 5.01. The third-order valence-corrected chi connectivity index (χ3v) is 10.7. The number of aliphatic hydroxyl groups excluding tert-OH is 1. The van der Waals surface area contributed by atoms with Gasteiger partial charge in [0.15, 0.2) is 0 Å². The molecule has 3 nitrogen and oxygen atoms in total. The summed E-state index contributed by atoms with van der Waals surface area (Å²) in [6.07, 6.45) is 16.6. The molecule has 0 aliphatic heterocycles. The highest BCUT2D eigenvalue weighted by atomic mass is 16.5. The Bertz CT molecular complexity index is 625. The van der Waals surface area contributed by atoms with Crippen molar-refractivity contribution in [3.63, 3.8) is 0 Å². The summed E-state index contributed by atoms with van der Waals surface area (Å²) in [4.78, 5) is 12.9. The van der Waals surface area contributed by atoms with Gasteiger partial charge in [-0.2, -0.15) is 0 Å². The van der Waals surface area contributed by atoms with Gasteiger partial charge in [0.05, 0.1) is 12.0 Å². The van der Waals surface area contributed by atoms with Gasteiger partial charge in [0.1, 0.15) is 6.10 Å². The van der Waals surface area contributed by atoms with E-state index < -0.39 is 0 Å². The Hall–Kier alpha value is -0.570. The van der Waals surface area contributed by atoms with E-state index in [2.05, 4.69) is 13.8 Å². The van der Waals surface area contributed by atoms with Crippen molar-refractivity contribution >= 4 is 5.97 Å². The molecule has 29 heavy (non-hydrogen) atoms. The van der Waals surface area contributed by atoms with Crippen molar-refractivity contribution in [2.45, 2.75) is 116 Å². The quantitative estimate of drug-likeness (QED) is 0.587. The van der Waals surface area contributed by atoms with E-state index in [1.807, 2.05) is 0 Å². The van der Waals surface area contributed by atoms with E-state index >= 15 is 0 Å². The van der Waals surface area contributed by atoms with E-state index in [1.165, 1.54) is 57.8 Å². The molecule has 0 aromatic heterocycles. The summed E-state index contributed by atoms with van der Waals surface area (Å²) < 4.78 is 6.28. The van der Waals surface area contributed by atoms with Crippen LogP contribution in [0, 0.1) is 40.4 Å². The molecular weight excluding hydrogens is 360 g/mol. The molecule has 0 spiro atoms. The van der Waals surface area contributed by atoms with Crippen LogP contribution >= 0.6 is 0 Å². The summed E-state index contributed by atoms with van der Waals surface area (Å²) >= 11 is 0. The highest BCUT2D eigenvalue weighted by Gasteiger charge is 2.61. The first kappa shape index (κ1) is 20.3. The number of fused-ring (bicyclic) bond motifs is 5. The van der Waals surface area contributed by atoms with Crippen LogP contribution in [0.4, 0.5) is 0 Å². The average Bonchev–Trinajstić information content (AvgIpc) is 3.05. The van der Waals surface area contributed by atoms with Gasteiger partial charge in [-0.15, -0.1) is 0 Å². The highest BCUT2D eigenvalue weighted by molar-refractivity contribution is 5.72. The normalized spacial score (nSPS) is 50.3. The number of rotatable bonds is 2. The molecule has 1 N–H and O–H groups in total. The second-order valence-electron chi connectivity index (χ2n) is 12.0. The number of aliphatic hydroxyl groups is 1. The zero-order chi connectivity index (χ0) is 20.2. The van der Waals surface area contributed by atoms with Crippen LogP contribution in [-0.2, 0) is 9.53 Å². The fourth-order valence-corrected chi connectivity index (χ4v) is 8.96. The van der Waals surface area contributed by atoms with Crippen molar-refractivity contribution in [1.29, 1.82) is 0 Å². The first-order chi connectivity index (χ1) is 13.9. The fraction of sp³-hybridized carbons (Fsp3) is 0.962. The topological polar surface area (TPSA) is 46.5 Å². The minimum absolute atomic E-state index is 0.0615. The van der Waals surface area contributed by atoms with Crippen LogP contribution in [0.3, 0.4) is 0 Å². The van der Waals surface area contributed by atoms with Gasteiger partial charge >= 0.3 is 5.97 Å². The summed E-state index contributed by atoms with van der Waals surface area (Å²) in [7, 11) is 0. The van der Waals surface area contributed by atoms with Crippen molar-refractivity contribution in [2.75, 3.05) is 0 Å². The molecule has 3 heteroatoms. The highest BCUT2D eigenvalue weighted by Crippen LogP contribution is 2.66. The van der Waals surface area contributed by atoms with Gasteiger partial charge in [-0.05, 0) is 99.7 Å². The summed E-state index contributed by atoms with van der Waals surface area (Å²) in [5.41, 5.74) is 0.628. The van der Waals surface area contributed by atoms with Gasteiger partial charge in [-0.1, -0.05) is 33.1 Å². The van der Waals surface area contributed by atoms with Crippen LogP contribution in [-0.4, -0.2) is 23.3 Å². The van der Waals surface area contributed by atoms with Gasteiger partial charge in [-0.3, -0.25) is 4.79 Å². The van der Waals surface area contributed by atoms with Gasteiger partial charge in [-0.25, -0.2) is 0 Å². The van der Waals surface area contributed by atoms with Crippen molar-refractivity contribution in [3.05, 3.63) is 0 Å². The zero-order valence-corrected chi connectivity index (χ0v) is 18.7. The molecule has 5 rings (SSSR count). The summed E-state index contributed by atoms with van der Waals surface area (Å²) in [6, 6.07) is 0. The maximum atomic E-state index is 12.9. The monoisotopic (exact) mass is 402 g/mol. The Morgan fingerprint density at radius 2 is 1.55 bits per heavy atom. The molecule has 8 atom stereocenters. The Labute approximate surface area is 177 Å². The summed E-state index contributed by atoms with van der Waals surface area (Å²) in [5.74, 6) is 3.37. The molecule has 0 heterocycles. The predicted octanol–water partition coefficient (Wildman–Crippen LogP) is 5.88. The minimum atomic E-state index is -0.0615. The second-order valence-corrected chi connectivity index (χ2v) is 12.0. The number of ether oxygens (including phenoxy) is 1. The van der Waals surface area contributed by atoms with Crippen LogP contribution in [0.15, 0.2) is 0 Å². The van der Waals surface area contributed by atoms with E-state index in [0.29, 0.717) is 5.41 Å². The average molecular weight is 403 g/mol. The number of hydrogen-bond acceptors (Lipinski definition) is 3. The predicted molar refractivity (Wildman–Crippen MR) is 114 cm³/mol. The SMILES string of the molecule is C[C@]12CCC3C(CC[C@H]4CC(O)CC[C@]34C)C1CCC2OC(=O)C1CCCCC1. The standard InChI is InChI=1S/C26H42O3/c1-25-14-12-19(27)16-18(25)8-9-20-21-10-11-23(26(21,2)15-13-22(20)25)29-24(28)17-6-4-3-5-7-17/h17-23,27H,3-16H2,1-2H3/t18-,19?,20?,21?,22?,23?,25-,26-/m0/s1. The van der Waals surface area contributed by atoms with Crippen LogP contribution in [0.5, 0.6) is 0 Å². The van der Waals surface area contributed by atoms with Gasteiger partial charge in [0.25, 0.3) is 0 Å². The van der Waals surface area contributed by atoms with Gasteiger partial charge in [0.2, 0.25) is 0 Å².